The third-order valence-electron chi connectivity index (χ3n) is 5.91. The molecule has 2 aliphatic heterocycles. The highest BCUT2D eigenvalue weighted by Gasteiger charge is 2.50. The van der Waals surface area contributed by atoms with E-state index in [1.165, 1.54) is 11.8 Å². The lowest BCUT2D eigenvalue weighted by Gasteiger charge is -2.39. The molecule has 2 heterocycles. The van der Waals surface area contributed by atoms with E-state index in [2.05, 4.69) is 26.1 Å². The highest BCUT2D eigenvalue weighted by molar-refractivity contribution is 8.00. The summed E-state index contributed by atoms with van der Waals surface area (Å²) in [5, 5.41) is 2.76. The van der Waals surface area contributed by atoms with E-state index in [0.29, 0.717) is 17.0 Å². The molecule has 3 aliphatic rings. The van der Waals surface area contributed by atoms with Crippen LogP contribution in [-0.4, -0.2) is 47.6 Å². The maximum Gasteiger partial charge on any atom is 0.338 e. The first kappa shape index (κ1) is 19.3. The Bertz CT molecular complexity index is 853. The van der Waals surface area contributed by atoms with Crippen molar-refractivity contribution >= 4 is 35.2 Å². The molecule has 7 heteroatoms. The van der Waals surface area contributed by atoms with Gasteiger partial charge in [-0.15, -0.1) is 11.8 Å². The van der Waals surface area contributed by atoms with Crippen LogP contribution in [0.4, 0.5) is 5.69 Å². The van der Waals surface area contributed by atoms with Gasteiger partial charge in [0.15, 0.2) is 6.61 Å². The molecular weight excluding hydrogens is 376 g/mol. The number of likely N-dealkylation sites (tertiary alicyclic amines) is 1. The standard InChI is InChI=1S/C21H26N2O4S/c1-20(2)7-14-8-21(3,11-20)12-23(14)18(25)9-27-19(26)13-4-5-16-15(6-13)22-17(24)10-28-16/h4-6,14H,7-12H2,1-3H3,(H,22,24)/t14-,21-/m0/s1. The van der Waals surface area contributed by atoms with Crippen molar-refractivity contribution in [2.75, 3.05) is 24.2 Å². The van der Waals surface area contributed by atoms with Crippen LogP contribution in [0.25, 0.3) is 0 Å². The Morgan fingerprint density at radius 1 is 1.29 bits per heavy atom. The lowest BCUT2D eigenvalue weighted by molar-refractivity contribution is -0.135. The second-order valence-corrected chi connectivity index (χ2v) is 10.4. The predicted molar refractivity (Wildman–Crippen MR) is 107 cm³/mol. The molecule has 2 fully saturated rings. The third kappa shape index (κ3) is 3.77. The number of rotatable bonds is 3. The van der Waals surface area contributed by atoms with Crippen molar-refractivity contribution in [3.63, 3.8) is 0 Å². The number of ether oxygens (including phenoxy) is 1. The number of amides is 2. The summed E-state index contributed by atoms with van der Waals surface area (Å²) in [6.07, 6.45) is 3.13. The SMILES string of the molecule is CC1(C)C[C@H]2C[C@](C)(CN2C(=O)COC(=O)c2ccc3c(c2)NC(=O)CS3)C1. The fourth-order valence-electron chi connectivity index (χ4n) is 5.26. The molecule has 2 amide bonds. The molecule has 1 aromatic carbocycles. The van der Waals surface area contributed by atoms with Gasteiger partial charge in [-0.1, -0.05) is 20.8 Å². The zero-order chi connectivity index (χ0) is 20.1. The summed E-state index contributed by atoms with van der Waals surface area (Å²) in [6, 6.07) is 5.31. The molecule has 2 atom stereocenters. The van der Waals surface area contributed by atoms with Crippen molar-refractivity contribution in [3.05, 3.63) is 23.8 Å². The van der Waals surface area contributed by atoms with Gasteiger partial charge in [0.25, 0.3) is 5.91 Å². The maximum absolute atomic E-state index is 12.7. The summed E-state index contributed by atoms with van der Waals surface area (Å²) in [4.78, 5) is 39.5. The second-order valence-electron chi connectivity index (χ2n) is 9.36. The zero-order valence-electron chi connectivity index (χ0n) is 16.5. The van der Waals surface area contributed by atoms with Gasteiger partial charge in [-0.3, -0.25) is 9.59 Å². The number of nitrogens with zero attached hydrogens (tertiary/aromatic N) is 1. The number of hydrogen-bond donors (Lipinski definition) is 1. The van der Waals surface area contributed by atoms with Crippen molar-refractivity contribution in [3.8, 4) is 0 Å². The van der Waals surface area contributed by atoms with E-state index in [0.717, 1.165) is 30.7 Å². The van der Waals surface area contributed by atoms with E-state index < -0.39 is 5.97 Å². The van der Waals surface area contributed by atoms with Crippen LogP contribution in [0.15, 0.2) is 23.1 Å². The summed E-state index contributed by atoms with van der Waals surface area (Å²) in [5.41, 5.74) is 1.34. The lowest BCUT2D eigenvalue weighted by atomic mass is 9.65. The van der Waals surface area contributed by atoms with Crippen LogP contribution in [0, 0.1) is 10.8 Å². The van der Waals surface area contributed by atoms with Gasteiger partial charge < -0.3 is 15.0 Å². The van der Waals surface area contributed by atoms with Crippen molar-refractivity contribution in [1.82, 2.24) is 4.90 Å². The number of anilines is 1. The topological polar surface area (TPSA) is 75.7 Å². The van der Waals surface area contributed by atoms with Gasteiger partial charge in [0.05, 0.1) is 17.0 Å². The molecule has 1 saturated heterocycles. The smallest absolute Gasteiger partial charge is 0.338 e. The number of carbonyl (C=O) groups excluding carboxylic acids is 3. The molecular formula is C21H26N2O4S. The summed E-state index contributed by atoms with van der Waals surface area (Å²) in [6.45, 7) is 7.26. The number of fused-ring (bicyclic) bond motifs is 3. The summed E-state index contributed by atoms with van der Waals surface area (Å²) in [5.74, 6) is -0.385. The first-order chi connectivity index (χ1) is 13.1. The van der Waals surface area contributed by atoms with E-state index >= 15 is 0 Å². The number of benzene rings is 1. The number of nitrogens with one attached hydrogen (secondary N) is 1. The van der Waals surface area contributed by atoms with Gasteiger partial charge in [-0.25, -0.2) is 4.79 Å². The van der Waals surface area contributed by atoms with E-state index in [1.807, 2.05) is 4.90 Å². The highest BCUT2D eigenvalue weighted by atomic mass is 32.2. The first-order valence-electron chi connectivity index (χ1n) is 9.68. The molecule has 1 saturated carbocycles. The molecule has 0 unspecified atom stereocenters. The maximum atomic E-state index is 12.7. The van der Waals surface area contributed by atoms with Crippen LogP contribution >= 0.6 is 11.8 Å². The van der Waals surface area contributed by atoms with Gasteiger partial charge in [0.2, 0.25) is 5.91 Å². The molecule has 150 valence electrons. The second kappa shape index (κ2) is 6.79. The van der Waals surface area contributed by atoms with Crippen molar-refractivity contribution in [2.24, 2.45) is 10.8 Å². The minimum atomic E-state index is -0.547. The van der Waals surface area contributed by atoms with Crippen molar-refractivity contribution in [2.45, 2.75) is 51.0 Å². The number of carbonyl (C=O) groups is 3. The first-order valence-corrected chi connectivity index (χ1v) is 10.7. The minimum Gasteiger partial charge on any atom is -0.452 e. The summed E-state index contributed by atoms with van der Waals surface area (Å²) in [7, 11) is 0. The predicted octanol–water partition coefficient (Wildman–Crippen LogP) is 3.31. The highest BCUT2D eigenvalue weighted by Crippen LogP contribution is 2.52. The average molecular weight is 403 g/mol. The molecule has 0 spiro atoms. The zero-order valence-corrected chi connectivity index (χ0v) is 17.4. The van der Waals surface area contributed by atoms with Crippen LogP contribution in [0.5, 0.6) is 0 Å². The average Bonchev–Trinajstić information content (AvgIpc) is 2.87. The lowest BCUT2D eigenvalue weighted by Crippen LogP contribution is -2.39. The fraction of sp³-hybridized carbons (Fsp3) is 0.571. The fourth-order valence-corrected chi connectivity index (χ4v) is 6.04. The Morgan fingerprint density at radius 3 is 2.86 bits per heavy atom. The van der Waals surface area contributed by atoms with Gasteiger partial charge in [0, 0.05) is 17.5 Å². The van der Waals surface area contributed by atoms with Gasteiger partial charge in [-0.2, -0.15) is 0 Å². The Kier molecular flexibility index (Phi) is 4.68. The number of thioether (sulfide) groups is 1. The van der Waals surface area contributed by atoms with Gasteiger partial charge >= 0.3 is 5.97 Å². The van der Waals surface area contributed by atoms with E-state index in [4.69, 9.17) is 4.74 Å². The summed E-state index contributed by atoms with van der Waals surface area (Å²) < 4.78 is 5.30. The number of hydrogen-bond acceptors (Lipinski definition) is 5. The molecule has 2 bridgehead atoms. The van der Waals surface area contributed by atoms with E-state index in [9.17, 15) is 14.4 Å². The summed E-state index contributed by atoms with van der Waals surface area (Å²) >= 11 is 1.44. The third-order valence-corrected chi connectivity index (χ3v) is 6.98. The van der Waals surface area contributed by atoms with Gasteiger partial charge in [0.1, 0.15) is 0 Å². The normalized spacial score (nSPS) is 27.8. The molecule has 6 nitrogen and oxygen atoms in total. The van der Waals surface area contributed by atoms with E-state index in [-0.39, 0.29) is 35.3 Å². The Labute approximate surface area is 169 Å². The molecule has 4 rings (SSSR count). The Hall–Kier alpha value is -2.02. The van der Waals surface area contributed by atoms with E-state index in [1.54, 1.807) is 18.2 Å². The quantitative estimate of drug-likeness (QED) is 0.785. The van der Waals surface area contributed by atoms with Crippen LogP contribution < -0.4 is 5.32 Å². The van der Waals surface area contributed by atoms with Crippen molar-refractivity contribution < 1.29 is 19.1 Å². The molecule has 1 N–H and O–H groups in total. The van der Waals surface area contributed by atoms with Crippen LogP contribution in [0.2, 0.25) is 0 Å². The Morgan fingerprint density at radius 2 is 2.07 bits per heavy atom. The van der Waals surface area contributed by atoms with Crippen molar-refractivity contribution in [1.29, 1.82) is 0 Å². The van der Waals surface area contributed by atoms with Crippen LogP contribution in [0.3, 0.4) is 0 Å². The molecule has 28 heavy (non-hydrogen) atoms. The molecule has 0 radical (unpaired) electrons. The monoisotopic (exact) mass is 402 g/mol. The minimum absolute atomic E-state index is 0.0882. The van der Waals surface area contributed by atoms with Crippen LogP contribution in [-0.2, 0) is 14.3 Å². The van der Waals surface area contributed by atoms with Gasteiger partial charge in [-0.05, 0) is 48.3 Å². The molecule has 1 aromatic rings. The number of esters is 1. The largest absolute Gasteiger partial charge is 0.452 e. The Balaban J connectivity index is 1.38. The van der Waals surface area contributed by atoms with Crippen LogP contribution in [0.1, 0.15) is 50.4 Å². The molecule has 0 aromatic heterocycles. The molecule has 1 aliphatic carbocycles.